The van der Waals surface area contributed by atoms with Gasteiger partial charge < -0.3 is 10.2 Å². The van der Waals surface area contributed by atoms with Gasteiger partial charge in [-0.15, -0.1) is 0 Å². The van der Waals surface area contributed by atoms with Crippen LogP contribution in [0.25, 0.3) is 0 Å². The predicted molar refractivity (Wildman–Crippen MR) is 165 cm³/mol. The van der Waals surface area contributed by atoms with Gasteiger partial charge in [0.05, 0.1) is 5.69 Å². The number of hydrogen-bond donors (Lipinski definition) is 1. The zero-order valence-corrected chi connectivity index (χ0v) is 26.0. The van der Waals surface area contributed by atoms with E-state index in [-0.39, 0.29) is 24.9 Å². The van der Waals surface area contributed by atoms with Crippen molar-refractivity contribution in [1.82, 2.24) is 14.5 Å². The highest BCUT2D eigenvalue weighted by Gasteiger charge is 2.35. The molecule has 0 aliphatic heterocycles. The second-order valence-corrected chi connectivity index (χ2v) is 12.8. The summed E-state index contributed by atoms with van der Waals surface area (Å²) in [5.74, 6) is -0.908. The minimum absolute atomic E-state index is 0.0368. The normalized spacial score (nSPS) is 13.0. The molecule has 11 heteroatoms. The molecule has 0 heterocycles. The van der Waals surface area contributed by atoms with E-state index in [2.05, 4.69) is 5.32 Å². The first-order valence-electron chi connectivity index (χ1n) is 13.3. The van der Waals surface area contributed by atoms with Gasteiger partial charge in [0.25, 0.3) is 0 Å². The van der Waals surface area contributed by atoms with E-state index in [4.69, 9.17) is 23.2 Å². The van der Waals surface area contributed by atoms with Gasteiger partial charge in [0, 0.05) is 43.1 Å². The summed E-state index contributed by atoms with van der Waals surface area (Å²) in [5.41, 5.74) is 1.74. The fourth-order valence-corrected chi connectivity index (χ4v) is 5.66. The van der Waals surface area contributed by atoms with Crippen molar-refractivity contribution in [2.75, 3.05) is 24.9 Å². The van der Waals surface area contributed by atoms with Crippen molar-refractivity contribution in [3.63, 3.8) is 0 Å². The van der Waals surface area contributed by atoms with Crippen LogP contribution in [0.5, 0.6) is 0 Å². The van der Waals surface area contributed by atoms with Crippen LogP contribution in [-0.2, 0) is 32.8 Å². The SMILES string of the molecule is CC[C@@H](C)NC(=O)[C@H](Cc1ccccc1)N(Cc1ccc(Cl)cc1Cl)C(=O)CN(c1ccccc1)S(=O)(=O)N(C)C. The molecule has 41 heavy (non-hydrogen) atoms. The van der Waals surface area contributed by atoms with Crippen molar-refractivity contribution in [3.05, 3.63) is 100 Å². The Hall–Kier alpha value is -3.11. The highest BCUT2D eigenvalue weighted by atomic mass is 35.5. The average Bonchev–Trinajstić information content (AvgIpc) is 2.95. The van der Waals surface area contributed by atoms with Gasteiger partial charge in [0.2, 0.25) is 11.8 Å². The molecule has 0 saturated carbocycles. The quantitative estimate of drug-likeness (QED) is 0.286. The van der Waals surface area contributed by atoms with Gasteiger partial charge in [-0.3, -0.25) is 9.59 Å². The van der Waals surface area contributed by atoms with E-state index in [0.717, 1.165) is 14.2 Å². The van der Waals surface area contributed by atoms with Gasteiger partial charge >= 0.3 is 10.2 Å². The number of para-hydroxylation sites is 1. The topological polar surface area (TPSA) is 90.0 Å². The van der Waals surface area contributed by atoms with Crippen LogP contribution >= 0.6 is 23.2 Å². The molecule has 0 fully saturated rings. The average molecular weight is 620 g/mol. The Balaban J connectivity index is 2.11. The zero-order chi connectivity index (χ0) is 30.2. The van der Waals surface area contributed by atoms with Gasteiger partial charge in [-0.25, -0.2) is 4.31 Å². The summed E-state index contributed by atoms with van der Waals surface area (Å²) in [7, 11) is -1.26. The summed E-state index contributed by atoms with van der Waals surface area (Å²) in [4.78, 5) is 29.4. The van der Waals surface area contributed by atoms with Crippen LogP contribution in [0.1, 0.15) is 31.4 Å². The molecule has 2 amide bonds. The van der Waals surface area contributed by atoms with E-state index >= 15 is 0 Å². The maximum absolute atomic E-state index is 14.2. The van der Waals surface area contributed by atoms with Crippen molar-refractivity contribution in [2.45, 2.75) is 45.3 Å². The van der Waals surface area contributed by atoms with Gasteiger partial charge in [-0.2, -0.15) is 12.7 Å². The first kappa shape index (κ1) is 32.4. The summed E-state index contributed by atoms with van der Waals surface area (Å²) in [6.45, 7) is 3.28. The monoisotopic (exact) mass is 618 g/mol. The summed E-state index contributed by atoms with van der Waals surface area (Å²) in [6.07, 6.45) is 0.912. The van der Waals surface area contributed by atoms with Crippen molar-refractivity contribution >= 4 is 50.9 Å². The lowest BCUT2D eigenvalue weighted by atomic mass is 10.0. The molecule has 0 aromatic heterocycles. The molecule has 0 unspecified atom stereocenters. The summed E-state index contributed by atoms with van der Waals surface area (Å²) in [6, 6.07) is 21.6. The van der Waals surface area contributed by atoms with Crippen LogP contribution in [0, 0.1) is 0 Å². The fraction of sp³-hybridized carbons (Fsp3) is 0.333. The molecule has 1 N–H and O–H groups in total. The minimum atomic E-state index is -4.06. The Morgan fingerprint density at radius 2 is 1.54 bits per heavy atom. The summed E-state index contributed by atoms with van der Waals surface area (Å²) < 4.78 is 28.9. The number of anilines is 1. The Kier molecular flexibility index (Phi) is 11.6. The van der Waals surface area contributed by atoms with Gasteiger partial charge in [0.1, 0.15) is 12.6 Å². The Labute approximate surface area is 253 Å². The van der Waals surface area contributed by atoms with E-state index in [1.54, 1.807) is 48.5 Å². The Morgan fingerprint density at radius 1 is 0.927 bits per heavy atom. The molecule has 0 radical (unpaired) electrons. The van der Waals surface area contributed by atoms with Gasteiger partial charge in [-0.1, -0.05) is 84.7 Å². The Bertz CT molecular complexity index is 1420. The van der Waals surface area contributed by atoms with E-state index in [1.165, 1.54) is 19.0 Å². The lowest BCUT2D eigenvalue weighted by Crippen LogP contribution is -2.55. The number of nitrogens with zero attached hydrogens (tertiary/aromatic N) is 3. The third-order valence-corrected chi connectivity index (χ3v) is 9.10. The molecule has 0 aliphatic rings. The van der Waals surface area contributed by atoms with Crippen LogP contribution in [0.3, 0.4) is 0 Å². The molecule has 3 aromatic rings. The molecular weight excluding hydrogens is 583 g/mol. The number of hydrogen-bond acceptors (Lipinski definition) is 4. The molecule has 0 spiro atoms. The number of nitrogens with one attached hydrogen (secondary N) is 1. The fourth-order valence-electron chi connectivity index (χ4n) is 4.14. The smallest absolute Gasteiger partial charge is 0.304 e. The lowest BCUT2D eigenvalue weighted by molar-refractivity contribution is -0.140. The molecule has 220 valence electrons. The first-order chi connectivity index (χ1) is 19.4. The number of amides is 2. The van der Waals surface area contributed by atoms with E-state index < -0.39 is 28.7 Å². The third kappa shape index (κ3) is 8.69. The molecule has 0 bridgehead atoms. The van der Waals surface area contributed by atoms with Crippen molar-refractivity contribution in [2.24, 2.45) is 0 Å². The number of rotatable bonds is 13. The molecule has 3 rings (SSSR count). The van der Waals surface area contributed by atoms with Crippen molar-refractivity contribution < 1.29 is 18.0 Å². The van der Waals surface area contributed by atoms with Crippen LogP contribution in [-0.4, -0.2) is 62.2 Å². The second kappa shape index (κ2) is 14.7. The van der Waals surface area contributed by atoms with E-state index in [9.17, 15) is 18.0 Å². The Morgan fingerprint density at radius 3 is 2.10 bits per heavy atom. The number of benzene rings is 3. The standard InChI is InChI=1S/C30H36Cl2N4O4S/c1-5-22(2)33-30(38)28(18-23-12-8-6-9-13-23)35(20-24-16-17-25(31)19-27(24)32)29(37)21-36(41(39,40)34(3)4)26-14-10-7-11-15-26/h6-17,19,22,28H,5,18,20-21H2,1-4H3,(H,33,38)/t22-,28+/m1/s1. The second-order valence-electron chi connectivity index (χ2n) is 9.91. The van der Waals surface area contributed by atoms with Crippen LogP contribution in [0.4, 0.5) is 5.69 Å². The molecule has 8 nitrogen and oxygen atoms in total. The number of halogens is 2. The predicted octanol–water partition coefficient (Wildman–Crippen LogP) is 5.16. The molecule has 3 aromatic carbocycles. The molecule has 0 aliphatic carbocycles. The van der Waals surface area contributed by atoms with Crippen LogP contribution < -0.4 is 9.62 Å². The first-order valence-corrected chi connectivity index (χ1v) is 15.4. The minimum Gasteiger partial charge on any atom is -0.352 e. The maximum atomic E-state index is 14.2. The highest BCUT2D eigenvalue weighted by molar-refractivity contribution is 7.90. The van der Waals surface area contributed by atoms with Gasteiger partial charge in [-0.05, 0) is 48.7 Å². The molecular formula is C30H36Cl2N4O4S. The van der Waals surface area contributed by atoms with Crippen molar-refractivity contribution in [3.8, 4) is 0 Å². The van der Waals surface area contributed by atoms with Crippen LogP contribution in [0.2, 0.25) is 10.0 Å². The van der Waals surface area contributed by atoms with E-state index in [0.29, 0.717) is 27.7 Å². The summed E-state index contributed by atoms with van der Waals surface area (Å²) in [5, 5.41) is 3.76. The molecule has 0 saturated heterocycles. The summed E-state index contributed by atoms with van der Waals surface area (Å²) >= 11 is 12.6. The molecule has 2 atom stereocenters. The van der Waals surface area contributed by atoms with Crippen molar-refractivity contribution in [1.29, 1.82) is 0 Å². The number of carbonyl (C=O) groups is 2. The number of carbonyl (C=O) groups excluding carboxylic acids is 2. The van der Waals surface area contributed by atoms with Gasteiger partial charge in [0.15, 0.2) is 0 Å². The third-order valence-electron chi connectivity index (χ3n) is 6.69. The van der Waals surface area contributed by atoms with E-state index in [1.807, 2.05) is 44.2 Å². The largest absolute Gasteiger partial charge is 0.352 e. The maximum Gasteiger partial charge on any atom is 0.304 e. The zero-order valence-electron chi connectivity index (χ0n) is 23.6. The lowest BCUT2D eigenvalue weighted by Gasteiger charge is -2.35. The van der Waals surface area contributed by atoms with Crippen LogP contribution in [0.15, 0.2) is 78.9 Å². The highest BCUT2D eigenvalue weighted by Crippen LogP contribution is 2.25.